The van der Waals surface area contributed by atoms with E-state index in [-0.39, 0.29) is 10.6 Å². The van der Waals surface area contributed by atoms with Crippen molar-refractivity contribution >= 4 is 17.6 Å². The normalized spacial score (nSPS) is 10.2. The van der Waals surface area contributed by atoms with E-state index in [1.807, 2.05) is 18.2 Å². The molecule has 3 nitrogen and oxygen atoms in total. The van der Waals surface area contributed by atoms with Gasteiger partial charge in [-0.25, -0.2) is 4.79 Å². The van der Waals surface area contributed by atoms with Crippen molar-refractivity contribution in [1.82, 2.24) is 0 Å². The van der Waals surface area contributed by atoms with Crippen molar-refractivity contribution in [3.05, 3.63) is 64.7 Å². The van der Waals surface area contributed by atoms with E-state index in [4.69, 9.17) is 21.4 Å². The van der Waals surface area contributed by atoms with Crippen LogP contribution in [-0.2, 0) is 6.42 Å². The van der Waals surface area contributed by atoms with Gasteiger partial charge >= 0.3 is 5.97 Å². The summed E-state index contributed by atoms with van der Waals surface area (Å²) < 4.78 is 5.54. The fourth-order valence-corrected chi connectivity index (χ4v) is 2.18. The van der Waals surface area contributed by atoms with E-state index >= 15 is 0 Å². The second-order valence-electron chi connectivity index (χ2n) is 4.36. The number of carboxylic acid groups (broad SMARTS) is 1. The van der Waals surface area contributed by atoms with Gasteiger partial charge in [0.1, 0.15) is 11.3 Å². The number of carbonyl (C=O) groups is 1. The summed E-state index contributed by atoms with van der Waals surface area (Å²) in [6.45, 7) is 0.454. The predicted molar refractivity (Wildman–Crippen MR) is 78.7 cm³/mol. The summed E-state index contributed by atoms with van der Waals surface area (Å²) >= 11 is 5.87. The van der Waals surface area contributed by atoms with E-state index in [0.717, 1.165) is 12.8 Å². The molecule has 0 amide bonds. The highest BCUT2D eigenvalue weighted by atomic mass is 35.5. The minimum Gasteiger partial charge on any atom is -0.493 e. The Hall–Kier alpha value is -2.00. The second kappa shape index (κ2) is 6.96. The highest BCUT2D eigenvalue weighted by Crippen LogP contribution is 2.26. The van der Waals surface area contributed by atoms with Gasteiger partial charge in [-0.05, 0) is 30.5 Å². The third kappa shape index (κ3) is 3.75. The maximum absolute atomic E-state index is 11.1. The van der Waals surface area contributed by atoms with Crippen LogP contribution in [0.2, 0.25) is 5.02 Å². The molecule has 0 spiro atoms. The Morgan fingerprint density at radius 3 is 2.55 bits per heavy atom. The molecule has 20 heavy (non-hydrogen) atoms. The molecule has 0 radical (unpaired) electrons. The summed E-state index contributed by atoms with van der Waals surface area (Å²) in [5, 5.41) is 9.31. The van der Waals surface area contributed by atoms with Crippen molar-refractivity contribution in [3.8, 4) is 5.75 Å². The predicted octanol–water partition coefficient (Wildman–Crippen LogP) is 4.05. The van der Waals surface area contributed by atoms with Crippen LogP contribution in [-0.4, -0.2) is 17.7 Å². The van der Waals surface area contributed by atoms with Crippen LogP contribution >= 0.6 is 11.6 Å². The number of carboxylic acids is 1. The SMILES string of the molecule is O=C(O)c1c(Cl)cccc1OCCCc1ccccc1. The Balaban J connectivity index is 1.92. The number of ether oxygens (including phenoxy) is 1. The van der Waals surface area contributed by atoms with Gasteiger partial charge in [0.2, 0.25) is 0 Å². The maximum Gasteiger partial charge on any atom is 0.341 e. The molecule has 0 aliphatic carbocycles. The zero-order chi connectivity index (χ0) is 14.4. The summed E-state index contributed by atoms with van der Waals surface area (Å²) in [5.74, 6) is -0.758. The van der Waals surface area contributed by atoms with E-state index < -0.39 is 5.97 Å². The number of hydrogen-bond donors (Lipinski definition) is 1. The molecule has 0 atom stereocenters. The van der Waals surface area contributed by atoms with E-state index in [1.54, 1.807) is 18.2 Å². The van der Waals surface area contributed by atoms with Crippen molar-refractivity contribution < 1.29 is 14.6 Å². The molecule has 4 heteroatoms. The minimum atomic E-state index is -1.08. The number of benzene rings is 2. The van der Waals surface area contributed by atoms with Gasteiger partial charge in [0.25, 0.3) is 0 Å². The quantitative estimate of drug-likeness (QED) is 0.816. The second-order valence-corrected chi connectivity index (χ2v) is 4.76. The first-order valence-electron chi connectivity index (χ1n) is 6.37. The Morgan fingerprint density at radius 2 is 1.85 bits per heavy atom. The van der Waals surface area contributed by atoms with Crippen molar-refractivity contribution in [1.29, 1.82) is 0 Å². The molecule has 104 valence electrons. The smallest absolute Gasteiger partial charge is 0.341 e. The zero-order valence-corrected chi connectivity index (χ0v) is 11.6. The molecule has 1 N–H and O–H groups in total. The summed E-state index contributed by atoms with van der Waals surface area (Å²) in [6.07, 6.45) is 1.71. The maximum atomic E-state index is 11.1. The standard InChI is InChI=1S/C16H15ClO3/c17-13-9-4-10-14(15(13)16(18)19)20-11-5-8-12-6-2-1-3-7-12/h1-4,6-7,9-10H,5,8,11H2,(H,18,19). The summed E-state index contributed by atoms with van der Waals surface area (Å²) in [4.78, 5) is 11.1. The molecule has 0 saturated heterocycles. The molecule has 0 bridgehead atoms. The largest absolute Gasteiger partial charge is 0.493 e. The number of aryl methyl sites for hydroxylation is 1. The third-order valence-corrected chi connectivity index (χ3v) is 3.21. The lowest BCUT2D eigenvalue weighted by atomic mass is 10.1. The Morgan fingerprint density at radius 1 is 1.10 bits per heavy atom. The lowest BCUT2D eigenvalue weighted by molar-refractivity contribution is 0.0692. The van der Waals surface area contributed by atoms with E-state index in [0.29, 0.717) is 12.4 Å². The lowest BCUT2D eigenvalue weighted by Gasteiger charge is -2.10. The highest BCUT2D eigenvalue weighted by Gasteiger charge is 2.15. The van der Waals surface area contributed by atoms with E-state index in [9.17, 15) is 4.79 Å². The average molecular weight is 291 g/mol. The van der Waals surface area contributed by atoms with Crippen LogP contribution in [0.1, 0.15) is 22.3 Å². The molecule has 2 aromatic rings. The topological polar surface area (TPSA) is 46.5 Å². The average Bonchev–Trinajstić information content (AvgIpc) is 2.44. The molecule has 0 heterocycles. The third-order valence-electron chi connectivity index (χ3n) is 2.90. The van der Waals surface area contributed by atoms with Crippen LogP contribution < -0.4 is 4.74 Å². The number of aromatic carboxylic acids is 1. The van der Waals surface area contributed by atoms with Gasteiger partial charge in [-0.15, -0.1) is 0 Å². The zero-order valence-electron chi connectivity index (χ0n) is 10.9. The molecular weight excluding hydrogens is 276 g/mol. The van der Waals surface area contributed by atoms with Gasteiger partial charge < -0.3 is 9.84 Å². The van der Waals surface area contributed by atoms with Crippen molar-refractivity contribution in [2.45, 2.75) is 12.8 Å². The van der Waals surface area contributed by atoms with Gasteiger partial charge in [-0.3, -0.25) is 0 Å². The van der Waals surface area contributed by atoms with Crippen LogP contribution in [0.4, 0.5) is 0 Å². The molecule has 0 unspecified atom stereocenters. The first-order valence-corrected chi connectivity index (χ1v) is 6.75. The van der Waals surface area contributed by atoms with Crippen molar-refractivity contribution in [3.63, 3.8) is 0 Å². The Kier molecular flexibility index (Phi) is 5.02. The van der Waals surface area contributed by atoms with Gasteiger partial charge in [0.05, 0.1) is 11.6 Å². The molecule has 0 fully saturated rings. The molecule has 2 rings (SSSR count). The van der Waals surface area contributed by atoms with E-state index in [2.05, 4.69) is 12.1 Å². The van der Waals surface area contributed by atoms with Gasteiger partial charge in [-0.2, -0.15) is 0 Å². The summed E-state index contributed by atoms with van der Waals surface area (Å²) in [6, 6.07) is 14.9. The fourth-order valence-electron chi connectivity index (χ4n) is 1.94. The highest BCUT2D eigenvalue weighted by molar-refractivity contribution is 6.33. The van der Waals surface area contributed by atoms with Crippen LogP contribution in [0.3, 0.4) is 0 Å². The Bertz CT molecular complexity index is 582. The molecule has 2 aromatic carbocycles. The monoisotopic (exact) mass is 290 g/mol. The van der Waals surface area contributed by atoms with E-state index in [1.165, 1.54) is 5.56 Å². The molecule has 0 aliphatic rings. The molecular formula is C16H15ClO3. The first kappa shape index (κ1) is 14.4. The molecule has 0 aromatic heterocycles. The van der Waals surface area contributed by atoms with Crippen molar-refractivity contribution in [2.75, 3.05) is 6.61 Å². The summed E-state index contributed by atoms with van der Waals surface area (Å²) in [5.41, 5.74) is 1.26. The van der Waals surface area contributed by atoms with Crippen LogP contribution in [0, 0.1) is 0 Å². The number of halogens is 1. The summed E-state index contributed by atoms with van der Waals surface area (Å²) in [7, 11) is 0. The first-order chi connectivity index (χ1) is 9.68. The number of hydrogen-bond acceptors (Lipinski definition) is 2. The molecule has 0 aliphatic heterocycles. The molecule has 0 saturated carbocycles. The van der Waals surface area contributed by atoms with Gasteiger partial charge in [0, 0.05) is 0 Å². The van der Waals surface area contributed by atoms with Crippen molar-refractivity contribution in [2.24, 2.45) is 0 Å². The number of rotatable bonds is 6. The van der Waals surface area contributed by atoms with Crippen LogP contribution in [0.5, 0.6) is 5.75 Å². The fraction of sp³-hybridized carbons (Fsp3) is 0.188. The van der Waals surface area contributed by atoms with Crippen LogP contribution in [0.15, 0.2) is 48.5 Å². The van der Waals surface area contributed by atoms with Gasteiger partial charge in [0.15, 0.2) is 0 Å². The lowest BCUT2D eigenvalue weighted by Crippen LogP contribution is -2.06. The minimum absolute atomic E-state index is 0.0221. The van der Waals surface area contributed by atoms with Crippen LogP contribution in [0.25, 0.3) is 0 Å². The Labute approximate surface area is 122 Å². The van der Waals surface area contributed by atoms with Gasteiger partial charge in [-0.1, -0.05) is 48.0 Å².